The second kappa shape index (κ2) is 7.97. The Bertz CT molecular complexity index is 1140. The zero-order valence-corrected chi connectivity index (χ0v) is 17.1. The normalized spacial score (nSPS) is 11.1. The van der Waals surface area contributed by atoms with Crippen LogP contribution in [0.25, 0.3) is 0 Å². The summed E-state index contributed by atoms with van der Waals surface area (Å²) in [6, 6.07) is 16.7. The van der Waals surface area contributed by atoms with Gasteiger partial charge in [-0.05, 0) is 74.0 Å². The van der Waals surface area contributed by atoms with Gasteiger partial charge in [-0.1, -0.05) is 17.7 Å². The third-order valence-corrected chi connectivity index (χ3v) is 6.19. The van der Waals surface area contributed by atoms with Gasteiger partial charge in [0.05, 0.1) is 17.7 Å². The Morgan fingerprint density at radius 3 is 2.10 bits per heavy atom. The van der Waals surface area contributed by atoms with Crippen molar-refractivity contribution in [2.75, 3.05) is 11.4 Å². The van der Waals surface area contributed by atoms with Crippen molar-refractivity contribution in [3.05, 3.63) is 83.4 Å². The zero-order chi connectivity index (χ0) is 21.2. The first kappa shape index (κ1) is 20.4. The molecule has 0 aliphatic heterocycles. The number of rotatable bonds is 5. The minimum atomic E-state index is -4.23. The van der Waals surface area contributed by atoms with Gasteiger partial charge in [0.25, 0.3) is 15.9 Å². The second-order valence-electron chi connectivity index (χ2n) is 6.59. The molecule has 3 aromatic rings. The van der Waals surface area contributed by atoms with Crippen molar-refractivity contribution >= 4 is 21.6 Å². The number of amides is 1. The van der Waals surface area contributed by atoms with E-state index in [1.54, 1.807) is 31.2 Å². The summed E-state index contributed by atoms with van der Waals surface area (Å²) < 4.78 is 32.8. The fraction of sp³-hybridized carbons (Fsp3) is 0.136. The summed E-state index contributed by atoms with van der Waals surface area (Å²) in [7, 11) is -2.74. The molecule has 7 heteroatoms. The highest BCUT2D eigenvalue weighted by molar-refractivity contribution is 7.93. The first-order valence-electron chi connectivity index (χ1n) is 8.84. The molecule has 0 saturated carbocycles. The molecule has 3 rings (SSSR count). The number of methoxy groups -OCH3 is 1. The third-order valence-electron chi connectivity index (χ3n) is 4.48. The van der Waals surface area contributed by atoms with Crippen molar-refractivity contribution in [1.29, 1.82) is 0 Å². The average Bonchev–Trinajstić information content (AvgIpc) is 2.70. The van der Waals surface area contributed by atoms with Crippen LogP contribution in [0.4, 0.5) is 5.69 Å². The van der Waals surface area contributed by atoms with Gasteiger partial charge in [-0.2, -0.15) is 4.31 Å². The lowest BCUT2D eigenvalue weighted by molar-refractivity contribution is 0.100. The maximum absolute atomic E-state index is 13.5. The zero-order valence-electron chi connectivity index (χ0n) is 16.3. The largest absolute Gasteiger partial charge is 0.508 e. The predicted molar refractivity (Wildman–Crippen MR) is 111 cm³/mol. The molecule has 0 atom stereocenters. The molecule has 0 heterocycles. The molecule has 0 spiro atoms. The van der Waals surface area contributed by atoms with Crippen molar-refractivity contribution in [2.45, 2.75) is 18.7 Å². The predicted octanol–water partition coefficient (Wildman–Crippen LogP) is 4.05. The van der Waals surface area contributed by atoms with E-state index >= 15 is 0 Å². The average molecular weight is 411 g/mol. The van der Waals surface area contributed by atoms with Crippen LogP contribution in [0.2, 0.25) is 0 Å². The number of hydrogen-bond donors (Lipinski definition) is 1. The summed E-state index contributed by atoms with van der Waals surface area (Å²) in [4.78, 5) is 13.2. The lowest BCUT2D eigenvalue weighted by atomic mass is 10.1. The second-order valence-corrected chi connectivity index (χ2v) is 8.37. The van der Waals surface area contributed by atoms with Crippen LogP contribution in [0.1, 0.15) is 21.5 Å². The highest BCUT2D eigenvalue weighted by Crippen LogP contribution is 2.31. The number of aromatic hydroxyl groups is 1. The fourth-order valence-electron chi connectivity index (χ4n) is 2.88. The van der Waals surface area contributed by atoms with Crippen LogP contribution in [0, 0.1) is 13.8 Å². The molecule has 150 valence electrons. The lowest BCUT2D eigenvalue weighted by Gasteiger charge is -2.24. The van der Waals surface area contributed by atoms with Gasteiger partial charge in [-0.3, -0.25) is 4.79 Å². The summed E-state index contributed by atoms with van der Waals surface area (Å²) in [5, 5.41) is 9.72. The number of carbonyl (C=O) groups is 1. The quantitative estimate of drug-likeness (QED) is 0.685. The van der Waals surface area contributed by atoms with Gasteiger partial charge in [0.1, 0.15) is 11.5 Å². The first-order valence-corrected chi connectivity index (χ1v) is 10.3. The van der Waals surface area contributed by atoms with Crippen LogP contribution in [0.15, 0.2) is 71.6 Å². The smallest absolute Gasteiger partial charge is 0.272 e. The number of anilines is 1. The van der Waals surface area contributed by atoms with E-state index in [0.717, 1.165) is 9.87 Å². The standard InChI is InChI=1S/C22H21NO5S/c1-15-4-6-17(7-5-15)22(25)23(21-13-8-18(24)14-16(21)2)29(26,27)20-11-9-19(28-3)10-12-20/h4-14,24H,1-3H3. The van der Waals surface area contributed by atoms with Crippen LogP contribution in [-0.4, -0.2) is 26.5 Å². The van der Waals surface area contributed by atoms with Gasteiger partial charge in [-0.25, -0.2) is 8.42 Å². The summed E-state index contributed by atoms with van der Waals surface area (Å²) in [5.41, 5.74) is 1.80. The molecule has 1 N–H and O–H groups in total. The topological polar surface area (TPSA) is 83.9 Å². The number of benzene rings is 3. The SMILES string of the molecule is COc1ccc(S(=O)(=O)N(C(=O)c2ccc(C)cc2)c2ccc(O)cc2C)cc1. The van der Waals surface area contributed by atoms with E-state index in [4.69, 9.17) is 4.74 Å². The van der Waals surface area contributed by atoms with Crippen molar-refractivity contribution < 1.29 is 23.1 Å². The minimum absolute atomic E-state index is 0.0177. The molecule has 29 heavy (non-hydrogen) atoms. The Labute approximate surface area is 170 Å². The monoisotopic (exact) mass is 411 g/mol. The van der Waals surface area contributed by atoms with Crippen LogP contribution < -0.4 is 9.04 Å². The molecule has 0 aromatic heterocycles. The molecule has 0 radical (unpaired) electrons. The van der Waals surface area contributed by atoms with Crippen molar-refractivity contribution in [3.8, 4) is 11.5 Å². The number of hydrogen-bond acceptors (Lipinski definition) is 5. The van der Waals surface area contributed by atoms with Gasteiger partial charge in [-0.15, -0.1) is 0 Å². The number of phenolic OH excluding ortho intramolecular Hbond substituents is 1. The molecule has 0 aliphatic carbocycles. The number of ether oxygens (including phenoxy) is 1. The van der Waals surface area contributed by atoms with E-state index in [1.807, 2.05) is 6.92 Å². The molecule has 0 saturated heterocycles. The Hall–Kier alpha value is -3.32. The van der Waals surface area contributed by atoms with Gasteiger partial charge in [0.2, 0.25) is 0 Å². The number of carbonyl (C=O) groups excluding carboxylic acids is 1. The first-order chi connectivity index (χ1) is 13.7. The van der Waals surface area contributed by atoms with E-state index < -0.39 is 15.9 Å². The number of phenols is 1. The van der Waals surface area contributed by atoms with Crippen LogP contribution in [-0.2, 0) is 10.0 Å². The van der Waals surface area contributed by atoms with E-state index in [-0.39, 0.29) is 21.9 Å². The summed E-state index contributed by atoms with van der Waals surface area (Å²) in [5.74, 6) is -0.202. The molecular formula is C22H21NO5S. The summed E-state index contributed by atoms with van der Waals surface area (Å²) in [6.07, 6.45) is 0. The Morgan fingerprint density at radius 2 is 1.55 bits per heavy atom. The van der Waals surface area contributed by atoms with E-state index in [2.05, 4.69) is 0 Å². The number of sulfonamides is 1. The molecule has 6 nitrogen and oxygen atoms in total. The Morgan fingerprint density at radius 1 is 0.931 bits per heavy atom. The summed E-state index contributed by atoms with van der Waals surface area (Å²) in [6.45, 7) is 3.51. The van der Waals surface area contributed by atoms with E-state index in [9.17, 15) is 18.3 Å². The van der Waals surface area contributed by atoms with Gasteiger partial charge in [0.15, 0.2) is 0 Å². The molecule has 0 fully saturated rings. The van der Waals surface area contributed by atoms with Crippen LogP contribution >= 0.6 is 0 Å². The van der Waals surface area contributed by atoms with Crippen molar-refractivity contribution in [3.63, 3.8) is 0 Å². The molecule has 0 bridgehead atoms. The molecule has 0 unspecified atom stereocenters. The van der Waals surface area contributed by atoms with Crippen molar-refractivity contribution in [1.82, 2.24) is 0 Å². The van der Waals surface area contributed by atoms with E-state index in [0.29, 0.717) is 11.3 Å². The van der Waals surface area contributed by atoms with Crippen LogP contribution in [0.5, 0.6) is 11.5 Å². The number of aryl methyl sites for hydroxylation is 2. The minimum Gasteiger partial charge on any atom is -0.508 e. The van der Waals surface area contributed by atoms with Crippen molar-refractivity contribution in [2.24, 2.45) is 0 Å². The lowest BCUT2D eigenvalue weighted by Crippen LogP contribution is -2.37. The highest BCUT2D eigenvalue weighted by Gasteiger charge is 2.33. The van der Waals surface area contributed by atoms with Crippen LogP contribution in [0.3, 0.4) is 0 Å². The fourth-order valence-corrected chi connectivity index (χ4v) is 4.36. The molecule has 0 aliphatic rings. The van der Waals surface area contributed by atoms with Gasteiger partial charge >= 0.3 is 0 Å². The summed E-state index contributed by atoms with van der Waals surface area (Å²) >= 11 is 0. The van der Waals surface area contributed by atoms with Gasteiger partial charge in [0, 0.05) is 5.56 Å². The van der Waals surface area contributed by atoms with Gasteiger partial charge < -0.3 is 9.84 Å². The number of nitrogens with zero attached hydrogens (tertiary/aromatic N) is 1. The maximum atomic E-state index is 13.5. The third kappa shape index (κ3) is 4.09. The Balaban J connectivity index is 2.18. The molecule has 3 aromatic carbocycles. The van der Waals surface area contributed by atoms with E-state index in [1.165, 1.54) is 49.6 Å². The highest BCUT2D eigenvalue weighted by atomic mass is 32.2. The molecular weight excluding hydrogens is 390 g/mol. The Kier molecular flexibility index (Phi) is 5.61. The maximum Gasteiger partial charge on any atom is 0.272 e. The molecule has 1 amide bonds.